The highest BCUT2D eigenvalue weighted by Gasteiger charge is 2.57. The molecule has 0 amide bonds. The molecule has 0 radical (unpaired) electrons. The Morgan fingerprint density at radius 1 is 0.654 bits per heavy atom. The fraction of sp³-hybridized carbons (Fsp3) is 0.733. The molecule has 11 heteroatoms. The van der Waals surface area contributed by atoms with E-state index < -0.39 is 45.9 Å². The van der Waals surface area contributed by atoms with E-state index in [4.69, 9.17) is 21.9 Å². The summed E-state index contributed by atoms with van der Waals surface area (Å²) in [5.41, 5.74) is -0.0705. The van der Waals surface area contributed by atoms with Crippen LogP contribution in [-0.4, -0.2) is 51.0 Å². The highest BCUT2D eigenvalue weighted by atomic mass is 28.5. The summed E-state index contributed by atoms with van der Waals surface area (Å²) < 4.78 is 24.4. The zero-order valence-electron chi connectivity index (χ0n) is 17.9. The first-order valence-electron chi connectivity index (χ1n) is 8.51. The van der Waals surface area contributed by atoms with Crippen LogP contribution >= 0.6 is 0 Å². The second kappa shape index (κ2) is 8.62. The van der Waals surface area contributed by atoms with E-state index in [0.717, 1.165) is 0 Å². The topological polar surface area (TPSA) is 91.3 Å². The van der Waals surface area contributed by atoms with Gasteiger partial charge in [-0.3, -0.25) is 0 Å². The quantitative estimate of drug-likeness (QED) is 0.430. The minimum atomic E-state index is -3.80. The second-order valence-electron chi connectivity index (χ2n) is 9.09. The van der Waals surface area contributed by atoms with Crippen molar-refractivity contribution in [2.45, 2.75) is 72.8 Å². The summed E-state index contributed by atoms with van der Waals surface area (Å²) in [6.07, 6.45) is 0. The summed E-state index contributed by atoms with van der Waals surface area (Å²) in [7, 11) is -10.4. The molecule has 0 fully saturated rings. The van der Waals surface area contributed by atoms with Crippen LogP contribution in [-0.2, 0) is 26.4 Å². The molecule has 0 unspecified atom stereocenters. The Kier molecular flexibility index (Phi) is 8.43. The van der Waals surface area contributed by atoms with Crippen molar-refractivity contribution in [3.8, 4) is 0 Å². The van der Waals surface area contributed by atoms with Crippen molar-refractivity contribution in [2.75, 3.05) is 0 Å². The zero-order valence-corrected chi connectivity index (χ0v) is 21.9. The van der Waals surface area contributed by atoms with E-state index in [9.17, 15) is 9.59 Å². The fourth-order valence-corrected chi connectivity index (χ4v) is 13.3. The van der Waals surface area contributed by atoms with Gasteiger partial charge in [0.1, 0.15) is 0 Å². The molecule has 0 heterocycles. The van der Waals surface area contributed by atoms with Crippen LogP contribution in [0.3, 0.4) is 0 Å². The summed E-state index contributed by atoms with van der Waals surface area (Å²) in [6.45, 7) is 20.5. The lowest BCUT2D eigenvalue weighted by molar-refractivity contribution is -0.137. The summed E-state index contributed by atoms with van der Waals surface area (Å²) in [5, 5.41) is 9.13. The molecule has 0 spiro atoms. The molecule has 7 nitrogen and oxygen atoms in total. The first kappa shape index (κ1) is 25.4. The smallest absolute Gasteiger partial charge is 0.478 e. The lowest BCUT2D eigenvalue weighted by atomic mass is 10.1. The van der Waals surface area contributed by atoms with Gasteiger partial charge >= 0.3 is 21.0 Å². The third-order valence-electron chi connectivity index (χ3n) is 2.70. The monoisotopic (exact) mass is 438 g/mol. The van der Waals surface area contributed by atoms with Gasteiger partial charge in [-0.2, -0.15) is 0 Å². The summed E-state index contributed by atoms with van der Waals surface area (Å²) >= 11 is 0. The highest BCUT2D eigenvalue weighted by Crippen LogP contribution is 2.27. The van der Waals surface area contributed by atoms with Gasteiger partial charge in [-0.25, -0.2) is 9.59 Å². The Morgan fingerprint density at radius 3 is 1.19 bits per heavy atom. The Morgan fingerprint density at radius 2 is 0.962 bits per heavy atom. The number of hydrogen-bond donors (Lipinski definition) is 1. The van der Waals surface area contributed by atoms with Crippen molar-refractivity contribution in [1.82, 2.24) is 0 Å². The predicted octanol–water partition coefficient (Wildman–Crippen LogP) is 3.94. The second-order valence-corrected chi connectivity index (χ2v) is 25.4. The molecule has 26 heavy (non-hydrogen) atoms. The highest BCUT2D eigenvalue weighted by molar-refractivity contribution is 6.88. The van der Waals surface area contributed by atoms with Crippen molar-refractivity contribution >= 4 is 45.9 Å². The summed E-state index contributed by atoms with van der Waals surface area (Å²) in [6, 6.07) is 0. The van der Waals surface area contributed by atoms with Gasteiger partial charge in [-0.1, -0.05) is 0 Å². The van der Waals surface area contributed by atoms with Crippen molar-refractivity contribution in [2.24, 2.45) is 0 Å². The summed E-state index contributed by atoms with van der Waals surface area (Å²) in [4.78, 5) is 23.8. The summed E-state index contributed by atoms with van der Waals surface area (Å²) in [5.74, 6) is -1.94. The van der Waals surface area contributed by atoms with Crippen LogP contribution in [0.15, 0.2) is 11.1 Å². The molecule has 152 valence electrons. The Balaban J connectivity index is 6.12. The van der Waals surface area contributed by atoms with Gasteiger partial charge in [-0.05, 0) is 72.8 Å². The van der Waals surface area contributed by atoms with Crippen LogP contribution in [0.4, 0.5) is 0 Å². The van der Waals surface area contributed by atoms with Crippen LogP contribution < -0.4 is 0 Å². The number of hydrogen-bond acceptors (Lipinski definition) is 6. The van der Waals surface area contributed by atoms with E-state index >= 15 is 0 Å². The molecule has 0 saturated heterocycles. The Labute approximate surface area is 161 Å². The predicted molar refractivity (Wildman–Crippen MR) is 111 cm³/mol. The third kappa shape index (κ3) is 9.94. The van der Waals surface area contributed by atoms with Crippen LogP contribution in [0.5, 0.6) is 0 Å². The van der Waals surface area contributed by atoms with E-state index in [-0.39, 0.29) is 11.1 Å². The molecule has 0 atom stereocenters. The van der Waals surface area contributed by atoms with Gasteiger partial charge in [0.2, 0.25) is 0 Å². The number of carbonyl (C=O) groups is 2. The lowest BCUT2D eigenvalue weighted by Crippen LogP contribution is -2.63. The Hall–Kier alpha value is -0.572. The average Bonchev–Trinajstić information content (AvgIpc) is 2.29. The number of rotatable bonds is 9. The zero-order chi connectivity index (χ0) is 21.1. The fourth-order valence-electron chi connectivity index (χ4n) is 1.75. The first-order chi connectivity index (χ1) is 11.3. The maximum absolute atomic E-state index is 12.7. The van der Waals surface area contributed by atoms with Crippen molar-refractivity contribution < 1.29 is 31.5 Å². The van der Waals surface area contributed by atoms with Gasteiger partial charge in [0.15, 0.2) is 25.0 Å². The van der Waals surface area contributed by atoms with Gasteiger partial charge in [-0.15, -0.1) is 0 Å². The maximum atomic E-state index is 12.7. The van der Waals surface area contributed by atoms with Gasteiger partial charge < -0.3 is 21.9 Å². The number of aliphatic carboxylic acids is 1. The van der Waals surface area contributed by atoms with E-state index in [1.165, 1.54) is 13.8 Å². The molecule has 0 aromatic heterocycles. The molecule has 0 aliphatic heterocycles. The minimum absolute atomic E-state index is 0.00639. The third-order valence-corrected chi connectivity index (χ3v) is 13.5. The van der Waals surface area contributed by atoms with Crippen LogP contribution in [0, 0.1) is 0 Å². The molecule has 1 N–H and O–H groups in total. The molecule has 0 aliphatic carbocycles. The van der Waals surface area contributed by atoms with Gasteiger partial charge in [0.25, 0.3) is 0 Å². The van der Waals surface area contributed by atoms with E-state index in [1.54, 1.807) is 0 Å². The van der Waals surface area contributed by atoms with Crippen molar-refractivity contribution in [3.05, 3.63) is 11.1 Å². The molecule has 0 rings (SSSR count). The normalized spacial score (nSPS) is 14.7. The Bertz CT molecular complexity index is 527. The van der Waals surface area contributed by atoms with Gasteiger partial charge in [0, 0.05) is 11.1 Å². The van der Waals surface area contributed by atoms with Crippen molar-refractivity contribution in [1.29, 1.82) is 0 Å². The van der Waals surface area contributed by atoms with Crippen molar-refractivity contribution in [3.63, 3.8) is 0 Å². The lowest BCUT2D eigenvalue weighted by Gasteiger charge is -2.40. The van der Waals surface area contributed by atoms with Crippen LogP contribution in [0.25, 0.3) is 0 Å². The molecular weight excluding hydrogens is 405 g/mol. The molecule has 0 bridgehead atoms. The van der Waals surface area contributed by atoms with Crippen LogP contribution in [0.2, 0.25) is 58.9 Å². The minimum Gasteiger partial charge on any atom is -0.478 e. The number of carboxylic acids is 1. The molecule has 0 aromatic carbocycles. The first-order valence-corrected chi connectivity index (χ1v) is 20.4. The molecular formula is C15H34O7Si4. The molecule has 0 saturated carbocycles. The van der Waals surface area contributed by atoms with E-state index in [0.29, 0.717) is 0 Å². The van der Waals surface area contributed by atoms with E-state index in [2.05, 4.69) is 0 Å². The number of carbonyl (C=O) groups excluding carboxylic acids is 1. The maximum Gasteiger partial charge on any atom is 0.719 e. The molecule has 0 aliphatic rings. The van der Waals surface area contributed by atoms with Crippen LogP contribution in [0.1, 0.15) is 13.8 Å². The standard InChI is InChI=1S/C15H34O7Si4/c1-12(14(16)17)13(2)15(18)19-26(20-23(3,4)5,21-24(6,7)8)22-25(9,10)11/h1-11H3,(H,16,17)/b13-12+. The largest absolute Gasteiger partial charge is 0.719 e. The van der Waals surface area contributed by atoms with Gasteiger partial charge in [0.05, 0.1) is 0 Å². The SMILES string of the molecule is C/C(C(=O)O)=C(/C)C(=O)O[Si](O[Si](C)(C)C)(O[Si](C)(C)C)O[Si](C)(C)C. The average molecular weight is 439 g/mol. The number of carboxylic acid groups (broad SMARTS) is 1. The molecule has 0 aromatic rings. The van der Waals surface area contributed by atoms with E-state index in [1.807, 2.05) is 58.9 Å².